The molecule has 0 unspecified atom stereocenters. The Morgan fingerprint density at radius 1 is 1.26 bits per heavy atom. The average Bonchev–Trinajstić information content (AvgIpc) is 3.30. The zero-order valence-corrected chi connectivity index (χ0v) is 16.9. The maximum Gasteiger partial charge on any atom is 0.231 e. The number of carbonyl (C=O) groups is 1. The molecule has 1 aliphatic carbocycles. The quantitative estimate of drug-likeness (QED) is 0.631. The molecule has 2 aromatic heterocycles. The smallest absolute Gasteiger partial charge is 0.231 e. The Bertz CT molecular complexity index is 964. The molecule has 140 valence electrons. The molecule has 4 rings (SSSR count). The Balaban J connectivity index is 1.45. The Morgan fingerprint density at radius 2 is 2.00 bits per heavy atom. The highest BCUT2D eigenvalue weighted by atomic mass is 32.1. The van der Waals surface area contributed by atoms with Crippen LogP contribution in [0.4, 0.5) is 5.69 Å². The Hall–Kier alpha value is -2.40. The molecule has 1 fully saturated rings. The zero-order valence-electron chi connectivity index (χ0n) is 16.1. The highest BCUT2D eigenvalue weighted by Crippen LogP contribution is 2.40. The van der Waals surface area contributed by atoms with Crippen molar-refractivity contribution in [2.24, 2.45) is 0 Å². The van der Waals surface area contributed by atoms with Gasteiger partial charge in [-0.25, -0.2) is 4.98 Å². The summed E-state index contributed by atoms with van der Waals surface area (Å²) in [7, 11) is 0. The van der Waals surface area contributed by atoms with E-state index in [9.17, 15) is 4.79 Å². The summed E-state index contributed by atoms with van der Waals surface area (Å²) in [6.45, 7) is 6.46. The third-order valence-corrected chi connectivity index (χ3v) is 6.03. The molecule has 0 saturated heterocycles. The highest BCUT2D eigenvalue weighted by molar-refractivity contribution is 7.10. The average molecular weight is 380 g/mol. The van der Waals surface area contributed by atoms with Crippen molar-refractivity contribution in [1.29, 1.82) is 0 Å². The number of anilines is 1. The largest absolute Gasteiger partial charge is 0.345 e. The molecular weight excluding hydrogens is 354 g/mol. The predicted octanol–water partition coefficient (Wildman–Crippen LogP) is 5.31. The van der Waals surface area contributed by atoms with Crippen molar-refractivity contribution in [3.05, 3.63) is 57.7 Å². The van der Waals surface area contributed by atoms with Crippen LogP contribution >= 0.6 is 11.3 Å². The Morgan fingerprint density at radius 3 is 2.67 bits per heavy atom. The number of nitrogens with one attached hydrogen (secondary N) is 1. The number of thiazole rings is 1. The maximum absolute atomic E-state index is 12.4. The first kappa shape index (κ1) is 18.0. The van der Waals surface area contributed by atoms with Crippen LogP contribution in [-0.4, -0.2) is 15.5 Å². The molecule has 1 aliphatic rings. The lowest BCUT2D eigenvalue weighted by atomic mass is 10.1. The van der Waals surface area contributed by atoms with E-state index in [1.54, 1.807) is 11.3 Å². The molecule has 3 aromatic rings. The molecule has 0 bridgehead atoms. The minimum absolute atomic E-state index is 0.0244. The molecule has 5 heteroatoms. The lowest BCUT2D eigenvalue weighted by Gasteiger charge is -2.07. The topological polar surface area (TPSA) is 46.9 Å². The Labute approximate surface area is 164 Å². The second-order valence-corrected chi connectivity index (χ2v) is 8.23. The van der Waals surface area contributed by atoms with Crippen LogP contribution in [0.15, 0.2) is 35.7 Å². The van der Waals surface area contributed by atoms with E-state index in [2.05, 4.69) is 42.1 Å². The molecule has 1 saturated carbocycles. The summed E-state index contributed by atoms with van der Waals surface area (Å²) in [4.78, 5) is 17.1. The number of nitrogens with zero attached hydrogens (tertiary/aromatic N) is 2. The van der Waals surface area contributed by atoms with Gasteiger partial charge in [-0.05, 0) is 56.9 Å². The van der Waals surface area contributed by atoms with Crippen LogP contribution in [-0.2, 0) is 17.6 Å². The fraction of sp³-hybridized carbons (Fsp3) is 0.364. The minimum Gasteiger partial charge on any atom is -0.345 e. The van der Waals surface area contributed by atoms with Crippen molar-refractivity contribution in [3.8, 4) is 11.3 Å². The van der Waals surface area contributed by atoms with Gasteiger partial charge in [-0.1, -0.05) is 19.1 Å². The van der Waals surface area contributed by atoms with Gasteiger partial charge in [0.25, 0.3) is 0 Å². The molecule has 0 spiro atoms. The standard InChI is InChI=1S/C22H25N3OS/c1-4-16-5-7-17(8-6-16)23-21(26)12-22-24-20(13-27-22)19-11-14(2)25(15(19)3)18-9-10-18/h5-8,11,13,18H,4,9-10,12H2,1-3H3,(H,23,26). The van der Waals surface area contributed by atoms with E-state index < -0.39 is 0 Å². The van der Waals surface area contributed by atoms with Crippen molar-refractivity contribution >= 4 is 22.9 Å². The summed E-state index contributed by atoms with van der Waals surface area (Å²) in [6, 6.07) is 10.9. The summed E-state index contributed by atoms with van der Waals surface area (Å²) in [5, 5.41) is 5.88. The number of benzene rings is 1. The second kappa shape index (κ2) is 7.31. The number of amides is 1. The van der Waals surface area contributed by atoms with E-state index in [4.69, 9.17) is 4.98 Å². The lowest BCUT2D eigenvalue weighted by Crippen LogP contribution is -2.14. The summed E-state index contributed by atoms with van der Waals surface area (Å²) in [6.07, 6.45) is 3.86. The summed E-state index contributed by atoms with van der Waals surface area (Å²) in [5.74, 6) is -0.0244. The number of carbonyl (C=O) groups excluding carboxylic acids is 1. The van der Waals surface area contributed by atoms with Crippen LogP contribution < -0.4 is 5.32 Å². The Kier molecular flexibility index (Phi) is 4.87. The monoisotopic (exact) mass is 379 g/mol. The maximum atomic E-state index is 12.4. The van der Waals surface area contributed by atoms with Gasteiger partial charge in [0.05, 0.1) is 12.1 Å². The van der Waals surface area contributed by atoms with Crippen LogP contribution in [0.1, 0.15) is 47.8 Å². The number of hydrogen-bond donors (Lipinski definition) is 1. The van der Waals surface area contributed by atoms with Crippen LogP contribution in [0.25, 0.3) is 11.3 Å². The second-order valence-electron chi connectivity index (χ2n) is 7.29. The number of hydrogen-bond acceptors (Lipinski definition) is 3. The predicted molar refractivity (Wildman–Crippen MR) is 111 cm³/mol. The molecule has 2 heterocycles. The summed E-state index contributed by atoms with van der Waals surface area (Å²) in [5.41, 5.74) is 6.86. The number of aromatic nitrogens is 2. The third-order valence-electron chi connectivity index (χ3n) is 5.18. The normalized spacial score (nSPS) is 13.7. The summed E-state index contributed by atoms with van der Waals surface area (Å²) < 4.78 is 2.43. The lowest BCUT2D eigenvalue weighted by molar-refractivity contribution is -0.115. The molecular formula is C22H25N3OS. The van der Waals surface area contributed by atoms with E-state index >= 15 is 0 Å². The first-order valence-corrected chi connectivity index (χ1v) is 10.4. The molecule has 4 nitrogen and oxygen atoms in total. The molecule has 0 atom stereocenters. The van der Waals surface area contributed by atoms with Gasteiger partial charge in [-0.3, -0.25) is 4.79 Å². The molecule has 1 amide bonds. The van der Waals surface area contributed by atoms with Crippen molar-refractivity contribution in [2.45, 2.75) is 52.5 Å². The molecule has 0 radical (unpaired) electrons. The van der Waals surface area contributed by atoms with Crippen molar-refractivity contribution < 1.29 is 4.79 Å². The molecule has 1 aromatic carbocycles. The SMILES string of the molecule is CCc1ccc(NC(=O)Cc2nc(-c3cc(C)n(C4CC4)c3C)cs2)cc1. The molecule has 1 N–H and O–H groups in total. The van der Waals surface area contributed by atoms with Gasteiger partial charge >= 0.3 is 0 Å². The first-order valence-electron chi connectivity index (χ1n) is 9.57. The third kappa shape index (κ3) is 3.83. The summed E-state index contributed by atoms with van der Waals surface area (Å²) >= 11 is 1.56. The van der Waals surface area contributed by atoms with E-state index in [-0.39, 0.29) is 5.91 Å². The van der Waals surface area contributed by atoms with Crippen LogP contribution in [0.5, 0.6) is 0 Å². The van der Waals surface area contributed by atoms with Crippen LogP contribution in [0.3, 0.4) is 0 Å². The first-order chi connectivity index (χ1) is 13.0. The van der Waals surface area contributed by atoms with Crippen molar-refractivity contribution in [3.63, 3.8) is 0 Å². The highest BCUT2D eigenvalue weighted by Gasteiger charge is 2.27. The van der Waals surface area contributed by atoms with Gasteiger partial charge in [0.1, 0.15) is 5.01 Å². The van der Waals surface area contributed by atoms with Gasteiger partial charge in [0, 0.05) is 34.1 Å². The van der Waals surface area contributed by atoms with Crippen molar-refractivity contribution in [1.82, 2.24) is 9.55 Å². The van der Waals surface area contributed by atoms with E-state index in [1.807, 2.05) is 24.3 Å². The van der Waals surface area contributed by atoms with Crippen LogP contribution in [0, 0.1) is 13.8 Å². The fourth-order valence-corrected chi connectivity index (χ4v) is 4.41. The number of rotatable bonds is 6. The van der Waals surface area contributed by atoms with Gasteiger partial charge < -0.3 is 9.88 Å². The zero-order chi connectivity index (χ0) is 19.0. The molecule has 27 heavy (non-hydrogen) atoms. The van der Waals surface area contributed by atoms with Gasteiger partial charge in [0.2, 0.25) is 5.91 Å². The van der Waals surface area contributed by atoms with Gasteiger partial charge in [-0.15, -0.1) is 11.3 Å². The van der Waals surface area contributed by atoms with Crippen LogP contribution in [0.2, 0.25) is 0 Å². The van der Waals surface area contributed by atoms with Gasteiger partial charge in [0.15, 0.2) is 0 Å². The fourth-order valence-electron chi connectivity index (χ4n) is 3.61. The van der Waals surface area contributed by atoms with E-state index in [1.165, 1.54) is 35.4 Å². The number of aryl methyl sites for hydroxylation is 2. The van der Waals surface area contributed by atoms with Gasteiger partial charge in [-0.2, -0.15) is 0 Å². The molecule has 0 aliphatic heterocycles. The van der Waals surface area contributed by atoms with Crippen molar-refractivity contribution in [2.75, 3.05) is 5.32 Å². The van der Waals surface area contributed by atoms with E-state index in [0.717, 1.165) is 22.8 Å². The van der Waals surface area contributed by atoms with E-state index in [0.29, 0.717) is 12.5 Å². The minimum atomic E-state index is -0.0244.